The number of phenols is 1. The van der Waals surface area contributed by atoms with Crippen LogP contribution < -0.4 is 26.4 Å². The molecular formula is C51H58N6O6. The van der Waals surface area contributed by atoms with Crippen molar-refractivity contribution in [2.45, 2.75) is 58.1 Å². The van der Waals surface area contributed by atoms with Gasteiger partial charge >= 0.3 is 6.09 Å². The Morgan fingerprint density at radius 2 is 1.57 bits per heavy atom. The Kier molecular flexibility index (Phi) is 17.0. The molecule has 0 bridgehead atoms. The summed E-state index contributed by atoms with van der Waals surface area (Å²) in [5.74, 6) is 0.0163. The van der Waals surface area contributed by atoms with Gasteiger partial charge in [-0.25, -0.2) is 4.79 Å². The van der Waals surface area contributed by atoms with Crippen LogP contribution in [0.25, 0.3) is 22.0 Å². The van der Waals surface area contributed by atoms with Crippen molar-refractivity contribution in [3.05, 3.63) is 160 Å². The number of ether oxygens (including phenoxy) is 1. The van der Waals surface area contributed by atoms with Gasteiger partial charge in [0.15, 0.2) is 0 Å². The molecule has 0 saturated carbocycles. The number of H-pyrrole nitrogens is 1. The van der Waals surface area contributed by atoms with E-state index >= 15 is 0 Å². The highest BCUT2D eigenvalue weighted by Gasteiger charge is 2.22. The van der Waals surface area contributed by atoms with Gasteiger partial charge in [-0.05, 0) is 110 Å². The van der Waals surface area contributed by atoms with E-state index < -0.39 is 0 Å². The van der Waals surface area contributed by atoms with Crippen LogP contribution in [0.2, 0.25) is 0 Å². The van der Waals surface area contributed by atoms with Gasteiger partial charge in [0.25, 0.3) is 0 Å². The smallest absolute Gasteiger partial charge is 0.411 e. The number of nitrogens with one attached hydrogen (secondary N) is 4. The molecule has 2 heterocycles. The van der Waals surface area contributed by atoms with Gasteiger partial charge in [-0.2, -0.15) is 0 Å². The molecule has 1 fully saturated rings. The number of carbonyl (C=O) groups is 3. The molecule has 0 radical (unpaired) electrons. The molecule has 63 heavy (non-hydrogen) atoms. The number of anilines is 2. The Balaban J connectivity index is 0.000000228. The number of aromatic amines is 1. The highest BCUT2D eigenvalue weighted by molar-refractivity contribution is 5.91. The number of fused-ring (bicyclic) bond motifs is 1. The van der Waals surface area contributed by atoms with Crippen LogP contribution in [0.3, 0.4) is 0 Å². The summed E-state index contributed by atoms with van der Waals surface area (Å²) in [6.07, 6.45) is 5.29. The first-order valence-electron chi connectivity index (χ1n) is 21.7. The van der Waals surface area contributed by atoms with Crippen LogP contribution in [0.5, 0.6) is 5.75 Å². The second-order valence-corrected chi connectivity index (χ2v) is 15.7. The quantitative estimate of drug-likeness (QED) is 0.0460. The van der Waals surface area contributed by atoms with Crippen molar-refractivity contribution in [3.63, 3.8) is 0 Å². The van der Waals surface area contributed by atoms with Crippen LogP contribution >= 0.6 is 0 Å². The number of rotatable bonds is 17. The van der Waals surface area contributed by atoms with Crippen LogP contribution in [0.1, 0.15) is 48.4 Å². The van der Waals surface area contributed by atoms with Crippen molar-refractivity contribution in [2.24, 2.45) is 0 Å². The number of piperidine rings is 1. The summed E-state index contributed by atoms with van der Waals surface area (Å²) >= 11 is 0. The monoisotopic (exact) mass is 850 g/mol. The molecule has 5 N–H and O–H groups in total. The number of benzene rings is 5. The number of hydrogen-bond donors (Lipinski definition) is 5. The Morgan fingerprint density at radius 1 is 0.841 bits per heavy atom. The molecule has 0 atom stereocenters. The van der Waals surface area contributed by atoms with Crippen molar-refractivity contribution < 1.29 is 24.2 Å². The minimum Gasteiger partial charge on any atom is -0.506 e. The van der Waals surface area contributed by atoms with Gasteiger partial charge in [0, 0.05) is 49.4 Å². The molecule has 328 valence electrons. The van der Waals surface area contributed by atoms with Gasteiger partial charge in [-0.15, -0.1) is 0 Å². The van der Waals surface area contributed by atoms with Crippen molar-refractivity contribution in [3.8, 4) is 16.9 Å². The topological polar surface area (TPSA) is 156 Å². The first-order valence-corrected chi connectivity index (χ1v) is 21.7. The van der Waals surface area contributed by atoms with E-state index in [-0.39, 0.29) is 35.8 Å². The molecule has 1 aromatic heterocycles. The molecule has 12 nitrogen and oxygen atoms in total. The van der Waals surface area contributed by atoms with E-state index in [1.54, 1.807) is 19.2 Å². The van der Waals surface area contributed by atoms with E-state index in [2.05, 4.69) is 44.9 Å². The molecular weight excluding hydrogens is 793 g/mol. The first kappa shape index (κ1) is 45.8. The van der Waals surface area contributed by atoms with E-state index in [0.29, 0.717) is 12.1 Å². The van der Waals surface area contributed by atoms with Crippen molar-refractivity contribution in [1.29, 1.82) is 0 Å². The second kappa shape index (κ2) is 23.5. The predicted octanol–water partition coefficient (Wildman–Crippen LogP) is 7.84. The molecule has 1 aliphatic heterocycles. The predicted molar refractivity (Wildman–Crippen MR) is 251 cm³/mol. The van der Waals surface area contributed by atoms with Gasteiger partial charge < -0.3 is 35.3 Å². The average molecular weight is 851 g/mol. The van der Waals surface area contributed by atoms with Gasteiger partial charge in [-0.1, -0.05) is 97.9 Å². The largest absolute Gasteiger partial charge is 0.506 e. The zero-order valence-electron chi connectivity index (χ0n) is 36.1. The Labute approximate surface area is 369 Å². The summed E-state index contributed by atoms with van der Waals surface area (Å²) in [4.78, 5) is 53.8. The van der Waals surface area contributed by atoms with Gasteiger partial charge in [0.1, 0.15) is 11.9 Å². The maximum atomic E-state index is 12.4. The molecule has 6 aromatic rings. The third-order valence-corrected chi connectivity index (χ3v) is 11.1. The number of likely N-dealkylation sites (tertiary alicyclic amines) is 1. The molecule has 1 saturated heterocycles. The van der Waals surface area contributed by atoms with Gasteiger partial charge in [-0.3, -0.25) is 19.7 Å². The lowest BCUT2D eigenvalue weighted by Gasteiger charge is -2.31. The Hall–Kier alpha value is -6.76. The van der Waals surface area contributed by atoms with E-state index in [9.17, 15) is 24.3 Å². The fourth-order valence-corrected chi connectivity index (χ4v) is 7.67. The number of carbonyl (C=O) groups excluding carboxylic acids is 3. The van der Waals surface area contributed by atoms with Crippen LogP contribution in [0, 0.1) is 0 Å². The van der Waals surface area contributed by atoms with E-state index in [1.165, 1.54) is 23.0 Å². The van der Waals surface area contributed by atoms with Crippen molar-refractivity contribution >= 4 is 40.7 Å². The molecule has 5 aromatic carbocycles. The maximum Gasteiger partial charge on any atom is 0.411 e. The van der Waals surface area contributed by atoms with Crippen LogP contribution in [-0.4, -0.2) is 79.3 Å². The molecule has 3 amide bonds. The van der Waals surface area contributed by atoms with Crippen molar-refractivity contribution in [1.82, 2.24) is 20.5 Å². The summed E-state index contributed by atoms with van der Waals surface area (Å²) in [6.45, 7) is 7.36. The summed E-state index contributed by atoms with van der Waals surface area (Å²) < 4.78 is 5.64. The standard InChI is InChI=1S/C30H32N4O4.C21H26N2O2/c1-34(20-35)25-8-5-22(6-9-25)18-29(38)32-19-23-4-2-3-21(17-23)13-15-31-16-14-24-7-11-27(36)30-26(24)10-12-28(37)33-30;1-2-14-23-15-12-18(13-16-23)25-21(24)22-20-11-7-6-10-19(20)17-8-4-3-5-9-17/h2-12,17,20,31,36H,13-16,18-19H2,1H3,(H,32,38)(H,33,37);3-11,18H,2,12-16H2,1H3,(H,22,24). The average Bonchev–Trinajstić information content (AvgIpc) is 3.30. The Bertz CT molecular complexity index is 2470. The zero-order valence-corrected chi connectivity index (χ0v) is 36.1. The molecule has 12 heteroatoms. The highest BCUT2D eigenvalue weighted by atomic mass is 16.6. The number of hydrogen-bond acceptors (Lipinski definition) is 8. The van der Waals surface area contributed by atoms with Crippen LogP contribution in [0.4, 0.5) is 16.2 Å². The third-order valence-electron chi connectivity index (χ3n) is 11.1. The molecule has 0 spiro atoms. The lowest BCUT2D eigenvalue weighted by molar-refractivity contribution is -0.120. The molecule has 7 rings (SSSR count). The normalized spacial score (nSPS) is 12.8. The number of para-hydroxylation sites is 1. The van der Waals surface area contributed by atoms with Crippen LogP contribution in [0.15, 0.2) is 132 Å². The lowest BCUT2D eigenvalue weighted by atomic mass is 10.0. The first-order chi connectivity index (χ1) is 30.7. The SMILES string of the molecule is CCCN1CCC(OC(=O)Nc2ccccc2-c2ccccc2)CC1.CN(C=O)c1ccc(CC(=O)NCc2cccc(CCNCCc3ccc(O)c4[nH]c(=O)ccc34)c2)cc1. The highest BCUT2D eigenvalue weighted by Crippen LogP contribution is 2.28. The molecule has 1 aliphatic rings. The zero-order chi connectivity index (χ0) is 44.4. The van der Waals surface area contributed by atoms with Gasteiger partial charge in [0.05, 0.1) is 17.6 Å². The summed E-state index contributed by atoms with van der Waals surface area (Å²) in [6, 6.07) is 40.1. The van der Waals surface area contributed by atoms with E-state index in [1.807, 2.05) is 97.1 Å². The molecule has 0 unspecified atom stereocenters. The maximum absolute atomic E-state index is 12.4. The van der Waals surface area contributed by atoms with Crippen molar-refractivity contribution in [2.75, 3.05) is 50.0 Å². The Morgan fingerprint density at radius 3 is 2.33 bits per heavy atom. The fourth-order valence-electron chi connectivity index (χ4n) is 7.67. The minimum absolute atomic E-state index is 0.0111. The summed E-state index contributed by atoms with van der Waals surface area (Å²) in [5.41, 5.74) is 8.05. The summed E-state index contributed by atoms with van der Waals surface area (Å²) in [7, 11) is 1.68. The van der Waals surface area contributed by atoms with E-state index in [4.69, 9.17) is 4.74 Å². The fraction of sp³-hybridized carbons (Fsp3) is 0.294. The third kappa shape index (κ3) is 13.9. The number of amides is 3. The number of nitrogens with zero attached hydrogens (tertiary/aromatic N) is 2. The van der Waals surface area contributed by atoms with Crippen LogP contribution in [-0.2, 0) is 40.1 Å². The molecule has 0 aliphatic carbocycles. The number of aromatic nitrogens is 1. The van der Waals surface area contributed by atoms with Gasteiger partial charge in [0.2, 0.25) is 17.9 Å². The minimum atomic E-state index is -0.364. The lowest BCUT2D eigenvalue weighted by Crippen LogP contribution is -2.38. The second-order valence-electron chi connectivity index (χ2n) is 15.7. The number of phenolic OH excluding ortho intramolecular Hbond substituents is 1. The number of aromatic hydroxyl groups is 1. The number of pyridine rings is 1. The van der Waals surface area contributed by atoms with E-state index in [0.717, 1.165) is 109 Å². The summed E-state index contributed by atoms with van der Waals surface area (Å²) in [5, 5.41) is 20.2.